The number of ether oxygens (including phenoxy) is 1. The van der Waals surface area contributed by atoms with E-state index in [-0.39, 0.29) is 5.69 Å². The highest BCUT2D eigenvalue weighted by Gasteiger charge is 2.18. The summed E-state index contributed by atoms with van der Waals surface area (Å²) in [4.78, 5) is 17.9. The van der Waals surface area contributed by atoms with E-state index >= 15 is 0 Å². The number of hydrogen-bond donors (Lipinski definition) is 1. The van der Waals surface area contributed by atoms with Gasteiger partial charge in [-0.2, -0.15) is 0 Å². The third kappa shape index (κ3) is 2.91. The lowest BCUT2D eigenvalue weighted by molar-refractivity contribution is 0.0594. The van der Waals surface area contributed by atoms with Crippen LogP contribution in [-0.4, -0.2) is 30.6 Å². The van der Waals surface area contributed by atoms with E-state index < -0.39 is 5.97 Å². The molecule has 18 heavy (non-hydrogen) atoms. The number of rotatable bonds is 5. The maximum atomic E-state index is 11.5. The lowest BCUT2D eigenvalue weighted by atomic mass is 10.2. The molecular formula is C13H21N3O2. The molecule has 0 saturated carbocycles. The summed E-state index contributed by atoms with van der Waals surface area (Å²) in [5, 5.41) is 0. The van der Waals surface area contributed by atoms with E-state index in [0.717, 1.165) is 13.0 Å². The van der Waals surface area contributed by atoms with Gasteiger partial charge in [0.25, 0.3) is 0 Å². The Balaban J connectivity index is 3.16. The molecule has 1 aromatic heterocycles. The summed E-state index contributed by atoms with van der Waals surface area (Å²) < 4.78 is 4.67. The molecule has 1 aromatic rings. The summed E-state index contributed by atoms with van der Waals surface area (Å²) in [7, 11) is 1.34. The zero-order valence-corrected chi connectivity index (χ0v) is 11.4. The number of aromatic nitrogens is 1. The monoisotopic (exact) mass is 251 g/mol. The Morgan fingerprint density at radius 1 is 1.50 bits per heavy atom. The van der Waals surface area contributed by atoms with Crippen molar-refractivity contribution < 1.29 is 9.53 Å². The second-order valence-corrected chi connectivity index (χ2v) is 4.14. The number of carbonyl (C=O) groups is 1. The minimum absolute atomic E-state index is 0.281. The van der Waals surface area contributed by atoms with Gasteiger partial charge < -0.3 is 15.4 Å². The maximum Gasteiger partial charge on any atom is 0.356 e. The first kappa shape index (κ1) is 14.3. The van der Waals surface area contributed by atoms with Gasteiger partial charge in [-0.15, -0.1) is 0 Å². The van der Waals surface area contributed by atoms with E-state index in [1.807, 2.05) is 6.92 Å². The summed E-state index contributed by atoms with van der Waals surface area (Å²) in [6, 6.07) is 3.59. The third-order valence-corrected chi connectivity index (χ3v) is 3.04. The highest BCUT2D eigenvalue weighted by Crippen LogP contribution is 2.23. The van der Waals surface area contributed by atoms with E-state index in [1.54, 1.807) is 12.1 Å². The average molecular weight is 251 g/mol. The fraction of sp³-hybridized carbons (Fsp3) is 0.538. The first-order valence-corrected chi connectivity index (χ1v) is 6.16. The average Bonchev–Trinajstić information content (AvgIpc) is 2.40. The van der Waals surface area contributed by atoms with Crippen molar-refractivity contribution in [3.63, 3.8) is 0 Å². The molecule has 5 nitrogen and oxygen atoms in total. The van der Waals surface area contributed by atoms with Crippen molar-refractivity contribution >= 4 is 17.5 Å². The van der Waals surface area contributed by atoms with Crippen LogP contribution in [0.15, 0.2) is 12.1 Å². The smallest absolute Gasteiger partial charge is 0.356 e. The van der Waals surface area contributed by atoms with Gasteiger partial charge in [0.15, 0.2) is 11.5 Å². The van der Waals surface area contributed by atoms with Crippen LogP contribution in [0, 0.1) is 0 Å². The molecule has 2 N–H and O–H groups in total. The van der Waals surface area contributed by atoms with Crippen LogP contribution in [0.4, 0.5) is 11.5 Å². The van der Waals surface area contributed by atoms with E-state index in [0.29, 0.717) is 17.5 Å². The fourth-order valence-electron chi connectivity index (χ4n) is 1.80. The Morgan fingerprint density at radius 3 is 2.67 bits per heavy atom. The minimum Gasteiger partial charge on any atom is -0.464 e. The van der Waals surface area contributed by atoms with Crippen LogP contribution >= 0.6 is 0 Å². The normalized spacial score (nSPS) is 12.0. The predicted octanol–water partition coefficient (Wildman–Crippen LogP) is 2.08. The quantitative estimate of drug-likeness (QED) is 0.811. The highest BCUT2D eigenvalue weighted by molar-refractivity contribution is 5.88. The van der Waals surface area contributed by atoms with Crippen LogP contribution in [0.2, 0.25) is 0 Å². The van der Waals surface area contributed by atoms with Gasteiger partial charge in [-0.25, -0.2) is 9.78 Å². The Morgan fingerprint density at radius 2 is 2.17 bits per heavy atom. The van der Waals surface area contributed by atoms with Gasteiger partial charge in [0, 0.05) is 12.6 Å². The topological polar surface area (TPSA) is 68.5 Å². The molecule has 0 bridgehead atoms. The lowest BCUT2D eigenvalue weighted by Crippen LogP contribution is -2.34. The summed E-state index contributed by atoms with van der Waals surface area (Å²) in [6.07, 6.45) is 0.984. The van der Waals surface area contributed by atoms with Crippen LogP contribution < -0.4 is 10.6 Å². The Labute approximate surface area is 108 Å². The Bertz CT molecular complexity index is 421. The SMILES string of the molecule is CCC(C)N(CC)c1nc(C(=O)OC)ccc1N. The molecule has 1 unspecified atom stereocenters. The number of nitrogens with zero attached hydrogens (tertiary/aromatic N) is 2. The van der Waals surface area contributed by atoms with Crippen molar-refractivity contribution in [3.8, 4) is 0 Å². The van der Waals surface area contributed by atoms with Crippen molar-refractivity contribution in [2.45, 2.75) is 33.2 Å². The minimum atomic E-state index is -0.448. The van der Waals surface area contributed by atoms with Gasteiger partial charge in [0.05, 0.1) is 12.8 Å². The number of carbonyl (C=O) groups excluding carboxylic acids is 1. The fourth-order valence-corrected chi connectivity index (χ4v) is 1.80. The molecular weight excluding hydrogens is 230 g/mol. The summed E-state index contributed by atoms with van der Waals surface area (Å²) in [5.41, 5.74) is 6.80. The molecule has 0 fully saturated rings. The molecule has 0 aliphatic rings. The number of esters is 1. The molecule has 5 heteroatoms. The number of methoxy groups -OCH3 is 1. The second kappa shape index (κ2) is 6.23. The number of nitrogens with two attached hydrogens (primary N) is 1. The molecule has 0 radical (unpaired) electrons. The van der Waals surface area contributed by atoms with Gasteiger partial charge in [-0.1, -0.05) is 6.92 Å². The highest BCUT2D eigenvalue weighted by atomic mass is 16.5. The summed E-state index contributed by atoms with van der Waals surface area (Å²) in [6.45, 7) is 7.04. The van der Waals surface area contributed by atoms with Crippen molar-refractivity contribution in [1.29, 1.82) is 0 Å². The van der Waals surface area contributed by atoms with Crippen LogP contribution in [0.1, 0.15) is 37.7 Å². The van der Waals surface area contributed by atoms with Crippen LogP contribution in [0.5, 0.6) is 0 Å². The van der Waals surface area contributed by atoms with Crippen molar-refractivity contribution in [3.05, 3.63) is 17.8 Å². The number of anilines is 2. The molecule has 0 aliphatic heterocycles. The molecule has 0 aliphatic carbocycles. The number of hydrogen-bond acceptors (Lipinski definition) is 5. The Kier molecular flexibility index (Phi) is 4.95. The molecule has 0 spiro atoms. The van der Waals surface area contributed by atoms with Gasteiger partial charge in [-0.05, 0) is 32.4 Å². The molecule has 0 saturated heterocycles. The van der Waals surface area contributed by atoms with Crippen molar-refractivity contribution in [1.82, 2.24) is 4.98 Å². The van der Waals surface area contributed by atoms with E-state index in [1.165, 1.54) is 7.11 Å². The Hall–Kier alpha value is -1.78. The van der Waals surface area contributed by atoms with E-state index in [4.69, 9.17) is 5.73 Å². The van der Waals surface area contributed by atoms with Crippen LogP contribution in [-0.2, 0) is 4.74 Å². The van der Waals surface area contributed by atoms with Gasteiger partial charge in [0.2, 0.25) is 0 Å². The lowest BCUT2D eigenvalue weighted by Gasteiger charge is -2.29. The maximum absolute atomic E-state index is 11.5. The second-order valence-electron chi connectivity index (χ2n) is 4.14. The van der Waals surface area contributed by atoms with Crippen molar-refractivity contribution in [2.75, 3.05) is 24.3 Å². The third-order valence-electron chi connectivity index (χ3n) is 3.04. The largest absolute Gasteiger partial charge is 0.464 e. The standard InChI is InChI=1S/C13H21N3O2/c1-5-9(3)16(6-2)12-10(14)7-8-11(15-12)13(17)18-4/h7-9H,5-6,14H2,1-4H3. The van der Waals surface area contributed by atoms with Crippen LogP contribution in [0.25, 0.3) is 0 Å². The molecule has 1 rings (SSSR count). The summed E-state index contributed by atoms with van der Waals surface area (Å²) in [5.74, 6) is 0.200. The molecule has 1 heterocycles. The van der Waals surface area contributed by atoms with Gasteiger partial charge in [-0.3, -0.25) is 0 Å². The molecule has 0 aromatic carbocycles. The van der Waals surface area contributed by atoms with Crippen LogP contribution in [0.3, 0.4) is 0 Å². The number of nitrogen functional groups attached to an aromatic ring is 1. The van der Waals surface area contributed by atoms with Gasteiger partial charge >= 0.3 is 5.97 Å². The van der Waals surface area contributed by atoms with Gasteiger partial charge in [0.1, 0.15) is 0 Å². The number of pyridine rings is 1. The van der Waals surface area contributed by atoms with E-state index in [2.05, 4.69) is 28.5 Å². The molecule has 0 amide bonds. The molecule has 1 atom stereocenters. The first-order valence-electron chi connectivity index (χ1n) is 6.16. The predicted molar refractivity (Wildman–Crippen MR) is 72.8 cm³/mol. The zero-order valence-electron chi connectivity index (χ0n) is 11.4. The molecule has 100 valence electrons. The first-order chi connectivity index (χ1) is 8.54. The van der Waals surface area contributed by atoms with Crippen molar-refractivity contribution in [2.24, 2.45) is 0 Å². The van der Waals surface area contributed by atoms with E-state index in [9.17, 15) is 4.79 Å². The summed E-state index contributed by atoms with van der Waals surface area (Å²) >= 11 is 0. The zero-order chi connectivity index (χ0) is 13.7.